The lowest BCUT2D eigenvalue weighted by Gasteiger charge is -2.32. The van der Waals surface area contributed by atoms with Gasteiger partial charge in [-0.3, -0.25) is 10.9 Å². The van der Waals surface area contributed by atoms with Crippen molar-refractivity contribution in [3.63, 3.8) is 0 Å². The van der Waals surface area contributed by atoms with E-state index in [4.69, 9.17) is 11.6 Å². The second-order valence-corrected chi connectivity index (χ2v) is 3.14. The highest BCUT2D eigenvalue weighted by molar-refractivity contribution is 5.48. The Kier molecular flexibility index (Phi) is 2.36. The zero-order valence-electron chi connectivity index (χ0n) is 7.72. The van der Waals surface area contributed by atoms with Crippen LogP contribution < -0.4 is 22.1 Å². The first-order chi connectivity index (χ1) is 6.75. The molecule has 0 saturated heterocycles. The molecular formula is C9H13N5. The Balaban J connectivity index is 2.23. The summed E-state index contributed by atoms with van der Waals surface area (Å²) in [5.74, 6) is 5.61. The highest BCUT2D eigenvalue weighted by Crippen LogP contribution is 2.13. The molecule has 0 aromatic heterocycles. The Hall–Kier alpha value is -1.56. The monoisotopic (exact) mass is 191 g/mol. The molecule has 1 aromatic rings. The van der Waals surface area contributed by atoms with Crippen molar-refractivity contribution < 1.29 is 0 Å². The fourth-order valence-electron chi connectivity index (χ4n) is 1.33. The van der Waals surface area contributed by atoms with Gasteiger partial charge in [0, 0.05) is 11.9 Å². The summed E-state index contributed by atoms with van der Waals surface area (Å²) in [4.78, 5) is 0. The van der Waals surface area contributed by atoms with Gasteiger partial charge in [-0.15, -0.1) is 5.53 Å². The van der Waals surface area contributed by atoms with Crippen molar-refractivity contribution in [1.82, 2.24) is 10.7 Å². The van der Waals surface area contributed by atoms with Gasteiger partial charge in [0.25, 0.3) is 0 Å². The van der Waals surface area contributed by atoms with Gasteiger partial charge < -0.3 is 5.73 Å². The minimum absolute atomic E-state index is 0.517. The van der Waals surface area contributed by atoms with Crippen LogP contribution in [-0.2, 0) is 0 Å². The minimum Gasteiger partial charge on any atom is -0.400 e. The molecule has 0 amide bonds. The van der Waals surface area contributed by atoms with Crippen molar-refractivity contribution in [2.75, 3.05) is 11.6 Å². The third-order valence-corrected chi connectivity index (χ3v) is 1.92. The van der Waals surface area contributed by atoms with E-state index in [-0.39, 0.29) is 0 Å². The third kappa shape index (κ3) is 1.85. The maximum absolute atomic E-state index is 5.71. The summed E-state index contributed by atoms with van der Waals surface area (Å²) < 4.78 is 0. The SMILES string of the molecule is NC1=CN(c2ccccc2)NN(N)C1. The van der Waals surface area contributed by atoms with Crippen molar-refractivity contribution in [2.24, 2.45) is 11.6 Å². The molecule has 0 unspecified atom stereocenters. The maximum atomic E-state index is 5.71. The fourth-order valence-corrected chi connectivity index (χ4v) is 1.33. The van der Waals surface area contributed by atoms with Crippen molar-refractivity contribution >= 4 is 5.69 Å². The van der Waals surface area contributed by atoms with Gasteiger partial charge in [-0.25, -0.2) is 0 Å². The van der Waals surface area contributed by atoms with E-state index in [9.17, 15) is 0 Å². The molecular weight excluding hydrogens is 178 g/mol. The first-order valence-electron chi connectivity index (χ1n) is 4.35. The number of hydrazine groups is 3. The number of nitrogens with one attached hydrogen (secondary N) is 1. The molecule has 5 N–H and O–H groups in total. The van der Waals surface area contributed by atoms with E-state index in [0.717, 1.165) is 11.4 Å². The summed E-state index contributed by atoms with van der Waals surface area (Å²) in [6.45, 7) is 0.517. The molecule has 0 atom stereocenters. The van der Waals surface area contributed by atoms with Crippen LogP contribution in [0.5, 0.6) is 0 Å². The standard InChI is InChI=1S/C9H13N5/c10-8-6-13(12-14(11)7-8)9-4-2-1-3-5-9/h1-6,12H,7,10-11H2. The van der Waals surface area contributed by atoms with Crippen molar-refractivity contribution in [3.8, 4) is 0 Å². The summed E-state index contributed by atoms with van der Waals surface area (Å²) in [6.07, 6.45) is 1.82. The zero-order chi connectivity index (χ0) is 9.97. The maximum Gasteiger partial charge on any atom is 0.0715 e. The molecule has 0 radical (unpaired) electrons. The van der Waals surface area contributed by atoms with Crippen LogP contribution in [0, 0.1) is 0 Å². The Bertz CT molecular complexity index is 334. The normalized spacial score (nSPS) is 18.1. The molecule has 5 nitrogen and oxygen atoms in total. The van der Waals surface area contributed by atoms with Gasteiger partial charge in [-0.05, 0) is 12.1 Å². The fraction of sp³-hybridized carbons (Fsp3) is 0.111. The van der Waals surface area contributed by atoms with E-state index >= 15 is 0 Å². The highest BCUT2D eigenvalue weighted by Gasteiger charge is 2.13. The number of anilines is 1. The third-order valence-electron chi connectivity index (χ3n) is 1.92. The molecule has 0 aliphatic carbocycles. The number of rotatable bonds is 1. The van der Waals surface area contributed by atoms with E-state index in [1.165, 1.54) is 5.12 Å². The first-order valence-corrected chi connectivity index (χ1v) is 4.35. The molecule has 0 bridgehead atoms. The van der Waals surface area contributed by atoms with Gasteiger partial charge in [-0.1, -0.05) is 18.2 Å². The lowest BCUT2D eigenvalue weighted by atomic mass is 10.3. The average Bonchev–Trinajstić information content (AvgIpc) is 2.18. The lowest BCUT2D eigenvalue weighted by Crippen LogP contribution is -2.56. The second kappa shape index (κ2) is 3.67. The topological polar surface area (TPSA) is 70.5 Å². The van der Waals surface area contributed by atoms with Crippen LogP contribution in [-0.4, -0.2) is 11.7 Å². The van der Waals surface area contributed by atoms with E-state index in [2.05, 4.69) is 5.53 Å². The van der Waals surface area contributed by atoms with Gasteiger partial charge in [0.05, 0.1) is 12.2 Å². The number of para-hydroxylation sites is 1. The van der Waals surface area contributed by atoms with Gasteiger partial charge in [0.2, 0.25) is 0 Å². The Morgan fingerprint density at radius 1 is 1.21 bits per heavy atom. The Labute approximate surface area is 82.5 Å². The van der Waals surface area contributed by atoms with E-state index in [0.29, 0.717) is 6.54 Å². The molecule has 74 valence electrons. The van der Waals surface area contributed by atoms with Crippen LogP contribution in [0.4, 0.5) is 5.69 Å². The largest absolute Gasteiger partial charge is 0.400 e. The lowest BCUT2D eigenvalue weighted by molar-refractivity contribution is 0.197. The first kappa shape index (κ1) is 9.01. The number of hydrogen-bond acceptors (Lipinski definition) is 5. The molecule has 0 fully saturated rings. The summed E-state index contributed by atoms with van der Waals surface area (Å²) in [5, 5.41) is 3.21. The van der Waals surface area contributed by atoms with Gasteiger partial charge in [0.1, 0.15) is 0 Å². The second-order valence-electron chi connectivity index (χ2n) is 3.14. The Morgan fingerprint density at radius 2 is 1.93 bits per heavy atom. The summed E-state index contributed by atoms with van der Waals surface area (Å²) >= 11 is 0. The van der Waals surface area contributed by atoms with Crippen LogP contribution >= 0.6 is 0 Å². The quantitative estimate of drug-likeness (QED) is 0.541. The van der Waals surface area contributed by atoms with E-state index in [1.807, 2.05) is 36.5 Å². The molecule has 5 heteroatoms. The van der Waals surface area contributed by atoms with Crippen molar-refractivity contribution in [2.45, 2.75) is 0 Å². The summed E-state index contributed by atoms with van der Waals surface area (Å²) in [5.41, 5.74) is 10.4. The van der Waals surface area contributed by atoms with Crippen LogP contribution in [0.3, 0.4) is 0 Å². The van der Waals surface area contributed by atoms with E-state index < -0.39 is 0 Å². The molecule has 2 rings (SSSR count). The number of hydrogen-bond donors (Lipinski definition) is 3. The number of nitrogens with zero attached hydrogens (tertiary/aromatic N) is 2. The number of benzene rings is 1. The predicted octanol–water partition coefficient (Wildman–Crippen LogP) is -0.0980. The molecule has 14 heavy (non-hydrogen) atoms. The van der Waals surface area contributed by atoms with E-state index in [1.54, 1.807) is 5.01 Å². The summed E-state index contributed by atoms with van der Waals surface area (Å²) in [7, 11) is 0. The Morgan fingerprint density at radius 3 is 2.57 bits per heavy atom. The van der Waals surface area contributed by atoms with Crippen LogP contribution in [0.2, 0.25) is 0 Å². The van der Waals surface area contributed by atoms with Crippen LogP contribution in [0.25, 0.3) is 0 Å². The van der Waals surface area contributed by atoms with Gasteiger partial charge >= 0.3 is 0 Å². The molecule has 1 aliphatic heterocycles. The number of nitrogens with two attached hydrogens (primary N) is 2. The van der Waals surface area contributed by atoms with Crippen LogP contribution in [0.15, 0.2) is 42.2 Å². The molecule has 1 heterocycles. The highest BCUT2D eigenvalue weighted by atomic mass is 15.8. The average molecular weight is 191 g/mol. The smallest absolute Gasteiger partial charge is 0.0715 e. The summed E-state index contributed by atoms with van der Waals surface area (Å²) in [6, 6.07) is 9.81. The molecule has 1 aromatic carbocycles. The molecule has 0 spiro atoms. The van der Waals surface area contributed by atoms with Crippen molar-refractivity contribution in [1.29, 1.82) is 0 Å². The van der Waals surface area contributed by atoms with Crippen molar-refractivity contribution in [3.05, 3.63) is 42.2 Å². The predicted molar refractivity (Wildman–Crippen MR) is 55.2 cm³/mol. The van der Waals surface area contributed by atoms with Crippen LogP contribution in [0.1, 0.15) is 0 Å². The molecule has 0 saturated carbocycles. The minimum atomic E-state index is 0.517. The molecule has 1 aliphatic rings. The zero-order valence-corrected chi connectivity index (χ0v) is 7.72. The van der Waals surface area contributed by atoms with Gasteiger partial charge in [0.15, 0.2) is 0 Å². The van der Waals surface area contributed by atoms with Gasteiger partial charge in [-0.2, -0.15) is 5.12 Å².